The van der Waals surface area contributed by atoms with Crippen molar-refractivity contribution in [3.05, 3.63) is 39.5 Å². The molecule has 5 nitrogen and oxygen atoms in total. The van der Waals surface area contributed by atoms with Gasteiger partial charge in [-0.05, 0) is 31.9 Å². The second-order valence-corrected chi connectivity index (χ2v) is 6.68. The molecule has 0 bridgehead atoms. The third-order valence-corrected chi connectivity index (χ3v) is 4.46. The van der Waals surface area contributed by atoms with Crippen molar-refractivity contribution in [1.82, 2.24) is 15.1 Å². The third kappa shape index (κ3) is 5.07. The van der Waals surface area contributed by atoms with E-state index in [0.717, 1.165) is 17.5 Å². The maximum Gasteiger partial charge on any atom is 0.416 e. The number of aryl methyl sites for hydroxylation is 1. The molecule has 0 aliphatic heterocycles. The number of hydrogen-bond donors (Lipinski definition) is 1. The molecule has 0 spiro atoms. The number of carbonyl (C=O) groups excluding carboxylic acids is 1. The molecule has 10 heteroatoms. The number of carbonyl (C=O) groups is 1. The number of nitrogens with zero attached hydrogens (tertiary/aromatic N) is 2. The summed E-state index contributed by atoms with van der Waals surface area (Å²) in [5.41, 5.74) is -0.510. The van der Waals surface area contributed by atoms with Gasteiger partial charge in [-0.2, -0.15) is 17.9 Å². The van der Waals surface area contributed by atoms with Gasteiger partial charge in [0.05, 0.1) is 21.3 Å². The summed E-state index contributed by atoms with van der Waals surface area (Å²) in [6.45, 7) is 5.55. The Kier molecular flexibility index (Phi) is 6.64. The zero-order valence-electron chi connectivity index (χ0n) is 14.8. The van der Waals surface area contributed by atoms with E-state index in [9.17, 15) is 18.0 Å². The van der Waals surface area contributed by atoms with E-state index in [1.807, 2.05) is 13.8 Å². The van der Waals surface area contributed by atoms with E-state index in [-0.39, 0.29) is 27.7 Å². The second-order valence-electron chi connectivity index (χ2n) is 5.87. The van der Waals surface area contributed by atoms with Crippen molar-refractivity contribution in [1.29, 1.82) is 0 Å². The highest BCUT2D eigenvalue weighted by atomic mass is 35.5. The molecule has 2 aromatic rings. The molecule has 1 amide bonds. The summed E-state index contributed by atoms with van der Waals surface area (Å²) >= 11 is 11.8. The summed E-state index contributed by atoms with van der Waals surface area (Å²) < 4.78 is 44.9. The van der Waals surface area contributed by atoms with E-state index in [4.69, 9.17) is 27.9 Å². The van der Waals surface area contributed by atoms with Gasteiger partial charge in [-0.25, -0.2) is 4.79 Å². The van der Waals surface area contributed by atoms with E-state index < -0.39 is 17.8 Å². The SMILES string of the molecule is CCC(CC)NC(=O)n1nc(Oc2c(Cl)cc(C(F)(F)F)cc2Cl)cc1C. The van der Waals surface area contributed by atoms with Crippen LogP contribution in [0.5, 0.6) is 11.6 Å². The van der Waals surface area contributed by atoms with E-state index >= 15 is 0 Å². The molecule has 27 heavy (non-hydrogen) atoms. The molecular weight excluding hydrogens is 406 g/mol. The summed E-state index contributed by atoms with van der Waals surface area (Å²) in [6, 6.07) is 2.46. The van der Waals surface area contributed by atoms with E-state index in [1.54, 1.807) is 6.92 Å². The van der Waals surface area contributed by atoms with E-state index in [1.165, 1.54) is 6.07 Å². The Morgan fingerprint density at radius 1 is 1.22 bits per heavy atom. The zero-order valence-corrected chi connectivity index (χ0v) is 16.3. The topological polar surface area (TPSA) is 56.2 Å². The number of hydrogen-bond acceptors (Lipinski definition) is 3. The molecule has 1 heterocycles. The zero-order chi connectivity index (χ0) is 20.4. The predicted octanol–water partition coefficient (Wildman–Crippen LogP) is 6.06. The van der Waals surface area contributed by atoms with Crippen molar-refractivity contribution in [3.8, 4) is 11.6 Å². The number of alkyl halides is 3. The Labute approximate surface area is 164 Å². The maximum absolute atomic E-state index is 12.8. The molecule has 0 aliphatic carbocycles. The second kappa shape index (κ2) is 8.39. The first-order chi connectivity index (χ1) is 12.6. The molecule has 1 aromatic carbocycles. The highest BCUT2D eigenvalue weighted by molar-refractivity contribution is 6.37. The fourth-order valence-corrected chi connectivity index (χ4v) is 2.92. The first kappa shape index (κ1) is 21.4. The highest BCUT2D eigenvalue weighted by Crippen LogP contribution is 2.41. The number of benzene rings is 1. The lowest BCUT2D eigenvalue weighted by Crippen LogP contribution is -2.37. The fraction of sp³-hybridized carbons (Fsp3) is 0.412. The van der Waals surface area contributed by atoms with E-state index in [2.05, 4.69) is 10.4 Å². The van der Waals surface area contributed by atoms with E-state index in [0.29, 0.717) is 17.8 Å². The van der Waals surface area contributed by atoms with Crippen molar-refractivity contribution in [3.63, 3.8) is 0 Å². The quantitative estimate of drug-likeness (QED) is 0.635. The summed E-state index contributed by atoms with van der Waals surface area (Å²) in [5.74, 6) is -0.188. The van der Waals surface area contributed by atoms with Crippen LogP contribution in [0.25, 0.3) is 0 Å². The van der Waals surface area contributed by atoms with Crippen LogP contribution in [0.2, 0.25) is 10.0 Å². The van der Waals surface area contributed by atoms with Gasteiger partial charge in [-0.3, -0.25) is 0 Å². The number of ether oxygens (including phenoxy) is 1. The number of amides is 1. The van der Waals surface area contributed by atoms with Gasteiger partial charge in [-0.15, -0.1) is 5.10 Å². The van der Waals surface area contributed by atoms with Crippen LogP contribution in [0.15, 0.2) is 18.2 Å². The smallest absolute Gasteiger partial charge is 0.416 e. The Morgan fingerprint density at radius 3 is 2.26 bits per heavy atom. The largest absolute Gasteiger partial charge is 0.434 e. The molecule has 1 aromatic heterocycles. The molecule has 1 N–H and O–H groups in total. The van der Waals surface area contributed by atoms with Crippen LogP contribution in [0.1, 0.15) is 37.9 Å². The molecule has 0 saturated carbocycles. The molecule has 0 aliphatic rings. The fourth-order valence-electron chi connectivity index (χ4n) is 2.36. The number of rotatable bonds is 5. The van der Waals surface area contributed by atoms with Gasteiger partial charge in [0.1, 0.15) is 0 Å². The monoisotopic (exact) mass is 423 g/mol. The van der Waals surface area contributed by atoms with Crippen LogP contribution >= 0.6 is 23.2 Å². The molecule has 2 rings (SSSR count). The summed E-state index contributed by atoms with van der Waals surface area (Å²) in [5, 5.41) is 6.22. The summed E-state index contributed by atoms with van der Waals surface area (Å²) in [4.78, 5) is 12.3. The van der Waals surface area contributed by atoms with Gasteiger partial charge in [0.15, 0.2) is 5.75 Å². The molecule has 0 saturated heterocycles. The average molecular weight is 424 g/mol. The molecular formula is C17H18Cl2F3N3O2. The predicted molar refractivity (Wildman–Crippen MR) is 96.8 cm³/mol. The van der Waals surface area contributed by atoms with Crippen LogP contribution in [0, 0.1) is 6.92 Å². The molecule has 0 radical (unpaired) electrons. The van der Waals surface area contributed by atoms with Crippen LogP contribution in [0.4, 0.5) is 18.0 Å². The first-order valence-corrected chi connectivity index (χ1v) is 8.94. The summed E-state index contributed by atoms with van der Waals surface area (Å²) in [7, 11) is 0. The van der Waals surface area contributed by atoms with Gasteiger partial charge in [-0.1, -0.05) is 37.0 Å². The normalized spacial score (nSPS) is 11.7. The Hall–Kier alpha value is -1.93. The number of aromatic nitrogens is 2. The van der Waals surface area contributed by atoms with Crippen LogP contribution in [-0.2, 0) is 6.18 Å². The highest BCUT2D eigenvalue weighted by Gasteiger charge is 2.32. The van der Waals surface area contributed by atoms with Gasteiger partial charge in [0.2, 0.25) is 5.88 Å². The standard InChI is InChI=1S/C17H18Cl2F3N3O2/c1-4-11(5-2)23-16(26)25-9(3)6-14(24-25)27-15-12(18)7-10(8-13(15)19)17(20,21)22/h6-8,11H,4-5H2,1-3H3,(H,23,26). The van der Waals surface area contributed by atoms with Crippen LogP contribution in [0.3, 0.4) is 0 Å². The molecule has 148 valence electrons. The van der Waals surface area contributed by atoms with Crippen molar-refractivity contribution in [2.24, 2.45) is 0 Å². The van der Waals surface area contributed by atoms with Crippen LogP contribution < -0.4 is 10.1 Å². The Morgan fingerprint density at radius 2 is 1.78 bits per heavy atom. The van der Waals surface area contributed by atoms with Crippen molar-refractivity contribution < 1.29 is 22.7 Å². The maximum atomic E-state index is 12.8. The lowest BCUT2D eigenvalue weighted by molar-refractivity contribution is -0.137. The average Bonchev–Trinajstić information content (AvgIpc) is 2.95. The lowest BCUT2D eigenvalue weighted by atomic mass is 10.2. The molecule has 0 unspecified atom stereocenters. The van der Waals surface area contributed by atoms with Crippen molar-refractivity contribution in [2.45, 2.75) is 45.8 Å². The molecule has 0 atom stereocenters. The van der Waals surface area contributed by atoms with Crippen LogP contribution in [-0.4, -0.2) is 21.9 Å². The minimum atomic E-state index is -4.59. The Bertz CT molecular complexity index is 810. The third-order valence-electron chi connectivity index (χ3n) is 3.90. The minimum Gasteiger partial charge on any atom is -0.434 e. The van der Waals surface area contributed by atoms with Gasteiger partial charge >= 0.3 is 12.2 Å². The summed E-state index contributed by atoms with van der Waals surface area (Å²) in [6.07, 6.45) is -3.05. The molecule has 0 fully saturated rings. The van der Waals surface area contributed by atoms with Gasteiger partial charge in [0.25, 0.3) is 0 Å². The number of halogens is 5. The van der Waals surface area contributed by atoms with Crippen molar-refractivity contribution in [2.75, 3.05) is 0 Å². The lowest BCUT2D eigenvalue weighted by Gasteiger charge is -2.14. The first-order valence-electron chi connectivity index (χ1n) is 8.18. The minimum absolute atomic E-state index is 0.00395. The van der Waals surface area contributed by atoms with Crippen molar-refractivity contribution >= 4 is 29.2 Å². The van der Waals surface area contributed by atoms with Gasteiger partial charge < -0.3 is 10.1 Å². The van der Waals surface area contributed by atoms with Gasteiger partial charge in [0, 0.05) is 12.1 Å². The Balaban J connectivity index is 2.26. The number of nitrogens with one attached hydrogen (secondary N) is 1.